The van der Waals surface area contributed by atoms with Crippen molar-refractivity contribution in [2.75, 3.05) is 6.61 Å². The summed E-state index contributed by atoms with van der Waals surface area (Å²) in [7, 11) is 0. The number of carbonyl (C=O) groups excluding carboxylic acids is 1. The molecule has 2 aromatic heterocycles. The number of carbonyl (C=O) groups is 1. The molecule has 2 rings (SSSR count). The predicted molar refractivity (Wildman–Crippen MR) is 72.2 cm³/mol. The highest BCUT2D eigenvalue weighted by atomic mass is 35.5. The smallest absolute Gasteiger partial charge is 0.342 e. The topological polar surface area (TPSA) is 65.0 Å². The second-order valence-electron chi connectivity index (χ2n) is 3.09. The van der Waals surface area contributed by atoms with Gasteiger partial charge in [-0.1, -0.05) is 17.7 Å². The molecule has 5 nitrogen and oxygen atoms in total. The number of pyridine rings is 1. The summed E-state index contributed by atoms with van der Waals surface area (Å²) < 4.78 is 4.70. The number of esters is 1. The monoisotopic (exact) mass is 299 g/mol. The van der Waals surface area contributed by atoms with Crippen molar-refractivity contribution in [1.29, 1.82) is 0 Å². The van der Waals surface area contributed by atoms with Crippen LogP contribution in [0.5, 0.6) is 0 Å². The quantitative estimate of drug-likeness (QED) is 0.484. The van der Waals surface area contributed by atoms with E-state index < -0.39 is 5.97 Å². The number of hydrogen-bond acceptors (Lipinski definition) is 5. The molecule has 0 aromatic carbocycles. The van der Waals surface area contributed by atoms with Gasteiger partial charge >= 0.3 is 5.97 Å². The molecule has 0 aliphatic rings. The fourth-order valence-electron chi connectivity index (χ4n) is 1.000. The van der Waals surface area contributed by atoms with Gasteiger partial charge in [-0.3, -0.25) is 4.98 Å². The van der Waals surface area contributed by atoms with Gasteiger partial charge in [0, 0.05) is 18.6 Å². The molecular weight excluding hydrogens is 289 g/mol. The van der Waals surface area contributed by atoms with Crippen molar-refractivity contribution in [3.63, 3.8) is 0 Å². The molecule has 19 heavy (non-hydrogen) atoms. The molecule has 0 amide bonds. The standard InChI is InChI=1S/C7H6Cl2N2O2.C5H5N/c1-2-13-6(12)4-3-10-7(9)11-5(4)8;1-2-4-6-5-3-1/h3H,2H2,1H3;1-5H. The van der Waals surface area contributed by atoms with Crippen molar-refractivity contribution in [3.8, 4) is 0 Å². The molecular formula is C12H11Cl2N3O2. The van der Waals surface area contributed by atoms with Gasteiger partial charge < -0.3 is 4.74 Å². The Balaban J connectivity index is 0.000000250. The highest BCUT2D eigenvalue weighted by Gasteiger charge is 2.13. The summed E-state index contributed by atoms with van der Waals surface area (Å²) in [6, 6.07) is 5.72. The van der Waals surface area contributed by atoms with Crippen molar-refractivity contribution < 1.29 is 9.53 Å². The lowest BCUT2D eigenvalue weighted by Gasteiger charge is -2.01. The Morgan fingerprint density at radius 2 is 1.95 bits per heavy atom. The summed E-state index contributed by atoms with van der Waals surface area (Å²) in [6.07, 6.45) is 4.73. The van der Waals surface area contributed by atoms with Gasteiger partial charge in [0.05, 0.1) is 6.61 Å². The Bertz CT molecular complexity index is 497. The summed E-state index contributed by atoms with van der Waals surface area (Å²) in [4.78, 5) is 22.1. The molecule has 0 unspecified atom stereocenters. The maximum Gasteiger partial charge on any atom is 0.342 e. The Morgan fingerprint density at radius 3 is 2.37 bits per heavy atom. The lowest BCUT2D eigenvalue weighted by molar-refractivity contribution is 0.0525. The maximum atomic E-state index is 11.1. The fourth-order valence-corrected chi connectivity index (χ4v) is 1.38. The first-order chi connectivity index (χ1) is 9.15. The van der Waals surface area contributed by atoms with E-state index in [1.54, 1.807) is 19.3 Å². The van der Waals surface area contributed by atoms with Crippen LogP contribution in [0.4, 0.5) is 0 Å². The van der Waals surface area contributed by atoms with E-state index >= 15 is 0 Å². The molecule has 7 heteroatoms. The zero-order valence-corrected chi connectivity index (χ0v) is 11.6. The number of ether oxygens (including phenoxy) is 1. The summed E-state index contributed by atoms with van der Waals surface area (Å²) in [5.74, 6) is -0.552. The average Bonchev–Trinajstić information content (AvgIpc) is 2.41. The first kappa shape index (κ1) is 15.3. The van der Waals surface area contributed by atoms with E-state index in [0.717, 1.165) is 0 Å². The first-order valence-corrected chi connectivity index (χ1v) is 6.11. The van der Waals surface area contributed by atoms with E-state index in [2.05, 4.69) is 15.0 Å². The van der Waals surface area contributed by atoms with Gasteiger partial charge in [0.25, 0.3) is 0 Å². The molecule has 0 N–H and O–H groups in total. The molecule has 2 heterocycles. The first-order valence-electron chi connectivity index (χ1n) is 5.35. The van der Waals surface area contributed by atoms with Crippen LogP contribution in [0.1, 0.15) is 17.3 Å². The van der Waals surface area contributed by atoms with Crippen LogP contribution in [0.25, 0.3) is 0 Å². The minimum absolute atomic E-state index is 0.00144. The Morgan fingerprint density at radius 1 is 1.26 bits per heavy atom. The molecule has 0 aliphatic carbocycles. The van der Waals surface area contributed by atoms with E-state index in [9.17, 15) is 4.79 Å². The molecule has 0 atom stereocenters. The lowest BCUT2D eigenvalue weighted by Crippen LogP contribution is -2.06. The summed E-state index contributed by atoms with van der Waals surface area (Å²) in [5.41, 5.74) is 0.118. The van der Waals surface area contributed by atoms with Crippen molar-refractivity contribution in [2.24, 2.45) is 0 Å². The second kappa shape index (κ2) is 8.39. The predicted octanol–water partition coefficient (Wildman–Crippen LogP) is 3.04. The molecule has 2 aromatic rings. The zero-order chi connectivity index (χ0) is 14.1. The van der Waals surface area contributed by atoms with E-state index in [1.165, 1.54) is 6.20 Å². The third-order valence-corrected chi connectivity index (χ3v) is 2.24. The van der Waals surface area contributed by atoms with Crippen LogP contribution >= 0.6 is 23.2 Å². The van der Waals surface area contributed by atoms with Crippen molar-refractivity contribution >= 4 is 29.2 Å². The maximum absolute atomic E-state index is 11.1. The van der Waals surface area contributed by atoms with Crippen LogP contribution in [0.3, 0.4) is 0 Å². The second-order valence-corrected chi connectivity index (χ2v) is 3.78. The molecule has 0 saturated heterocycles. The van der Waals surface area contributed by atoms with Crippen LogP contribution in [0.2, 0.25) is 10.4 Å². The Labute approximate surface area is 120 Å². The third-order valence-electron chi connectivity index (χ3n) is 1.77. The fraction of sp³-hybridized carbons (Fsp3) is 0.167. The molecule has 100 valence electrons. The van der Waals surface area contributed by atoms with Gasteiger partial charge in [-0.25, -0.2) is 14.8 Å². The molecule has 0 bridgehead atoms. The van der Waals surface area contributed by atoms with E-state index in [-0.39, 0.29) is 22.6 Å². The Kier molecular flexibility index (Phi) is 6.78. The van der Waals surface area contributed by atoms with Crippen LogP contribution in [-0.4, -0.2) is 27.5 Å². The van der Waals surface area contributed by atoms with Crippen molar-refractivity contribution in [1.82, 2.24) is 15.0 Å². The van der Waals surface area contributed by atoms with E-state index in [0.29, 0.717) is 0 Å². The van der Waals surface area contributed by atoms with Gasteiger partial charge in [-0.15, -0.1) is 0 Å². The van der Waals surface area contributed by atoms with Gasteiger partial charge in [0.15, 0.2) is 0 Å². The number of nitrogens with zero attached hydrogens (tertiary/aromatic N) is 3. The molecule has 0 fully saturated rings. The Hall–Kier alpha value is -1.72. The number of aromatic nitrogens is 3. The van der Waals surface area contributed by atoms with E-state index in [4.69, 9.17) is 27.9 Å². The van der Waals surface area contributed by atoms with Crippen LogP contribution < -0.4 is 0 Å². The number of halogens is 2. The lowest BCUT2D eigenvalue weighted by atomic mass is 10.3. The van der Waals surface area contributed by atoms with Gasteiger partial charge in [-0.05, 0) is 30.7 Å². The summed E-state index contributed by atoms with van der Waals surface area (Å²) in [5, 5.41) is -0.00324. The average molecular weight is 300 g/mol. The van der Waals surface area contributed by atoms with Crippen LogP contribution in [0.15, 0.2) is 36.8 Å². The van der Waals surface area contributed by atoms with Gasteiger partial charge in [0.1, 0.15) is 10.7 Å². The highest BCUT2D eigenvalue weighted by Crippen LogP contribution is 2.14. The molecule has 0 saturated carbocycles. The van der Waals surface area contributed by atoms with Gasteiger partial charge in [-0.2, -0.15) is 0 Å². The zero-order valence-electron chi connectivity index (χ0n) is 10.1. The minimum Gasteiger partial charge on any atom is -0.462 e. The number of rotatable bonds is 2. The highest BCUT2D eigenvalue weighted by molar-refractivity contribution is 6.33. The molecule has 0 aliphatic heterocycles. The SMILES string of the molecule is CCOC(=O)c1cnc(Cl)nc1Cl.c1ccncc1. The minimum atomic E-state index is -0.552. The van der Waals surface area contributed by atoms with Crippen molar-refractivity contribution in [2.45, 2.75) is 6.92 Å². The van der Waals surface area contributed by atoms with Gasteiger partial charge in [0.2, 0.25) is 5.28 Å². The van der Waals surface area contributed by atoms with E-state index in [1.807, 2.05) is 18.2 Å². The summed E-state index contributed by atoms with van der Waals surface area (Å²) >= 11 is 11.1. The number of hydrogen-bond donors (Lipinski definition) is 0. The van der Waals surface area contributed by atoms with Crippen LogP contribution in [0, 0.1) is 0 Å². The normalized spacial score (nSPS) is 9.21. The van der Waals surface area contributed by atoms with Crippen molar-refractivity contribution in [3.05, 3.63) is 52.8 Å². The molecule has 0 spiro atoms. The molecule has 0 radical (unpaired) electrons. The van der Waals surface area contributed by atoms with Crippen LogP contribution in [-0.2, 0) is 4.74 Å². The largest absolute Gasteiger partial charge is 0.462 e. The summed E-state index contributed by atoms with van der Waals surface area (Å²) in [6.45, 7) is 1.97. The third kappa shape index (κ3) is 5.63.